The van der Waals surface area contributed by atoms with Crippen molar-refractivity contribution in [1.82, 2.24) is 0 Å². The molecule has 3 heterocycles. The third-order valence-corrected chi connectivity index (χ3v) is 6.69. The van der Waals surface area contributed by atoms with Crippen LogP contribution in [0.3, 0.4) is 0 Å². The second-order valence-electron chi connectivity index (χ2n) is 6.87. The standard InChI is InChI=1S/C16H16BrNO2/c1-15-11-9-7-8(17)3-4-10(9)18(2)12(11)13(20-15)14(19)16(15)5-6-16/h3-4,7,11-13H,5-6H2,1-2H3/t11-,12+,13+,15-/m0/s1. The smallest absolute Gasteiger partial charge is 0.172 e. The Labute approximate surface area is 126 Å². The van der Waals surface area contributed by atoms with Gasteiger partial charge in [-0.3, -0.25) is 4.79 Å². The van der Waals surface area contributed by atoms with E-state index in [-0.39, 0.29) is 23.2 Å². The summed E-state index contributed by atoms with van der Waals surface area (Å²) in [5.74, 6) is 0.685. The predicted molar refractivity (Wildman–Crippen MR) is 79.0 cm³/mol. The van der Waals surface area contributed by atoms with E-state index < -0.39 is 0 Å². The van der Waals surface area contributed by atoms with E-state index in [4.69, 9.17) is 4.74 Å². The van der Waals surface area contributed by atoms with Crippen LogP contribution in [0.5, 0.6) is 0 Å². The number of benzene rings is 1. The summed E-state index contributed by atoms with van der Waals surface area (Å²) >= 11 is 3.58. The predicted octanol–water partition coefficient (Wildman–Crippen LogP) is 2.87. The van der Waals surface area contributed by atoms with Crippen molar-refractivity contribution in [2.24, 2.45) is 5.41 Å². The minimum absolute atomic E-state index is 0.177. The Morgan fingerprint density at radius 3 is 2.85 bits per heavy atom. The van der Waals surface area contributed by atoms with E-state index in [9.17, 15) is 4.79 Å². The average molecular weight is 334 g/mol. The zero-order valence-electron chi connectivity index (χ0n) is 11.5. The number of Topliss-reactive ketones (excluding diaryl/α,β-unsaturated/α-hetero) is 1. The molecular weight excluding hydrogens is 318 g/mol. The third kappa shape index (κ3) is 0.989. The number of anilines is 1. The minimum Gasteiger partial charge on any atom is -0.368 e. The molecular formula is C16H16BrNO2. The second-order valence-corrected chi connectivity index (χ2v) is 7.79. The molecule has 5 rings (SSSR count). The molecule has 2 bridgehead atoms. The number of hydrogen-bond acceptors (Lipinski definition) is 3. The van der Waals surface area contributed by atoms with Gasteiger partial charge in [0.15, 0.2) is 5.78 Å². The molecule has 104 valence electrons. The van der Waals surface area contributed by atoms with Gasteiger partial charge in [-0.1, -0.05) is 15.9 Å². The van der Waals surface area contributed by atoms with Gasteiger partial charge in [-0.2, -0.15) is 0 Å². The first-order valence-electron chi connectivity index (χ1n) is 7.24. The van der Waals surface area contributed by atoms with Crippen molar-refractivity contribution >= 4 is 27.4 Å². The van der Waals surface area contributed by atoms with Gasteiger partial charge in [-0.05, 0) is 43.5 Å². The zero-order valence-corrected chi connectivity index (χ0v) is 13.1. The summed E-state index contributed by atoms with van der Waals surface area (Å²) in [5, 5.41) is 0. The van der Waals surface area contributed by atoms with Gasteiger partial charge in [0.2, 0.25) is 0 Å². The Hall–Kier alpha value is -0.870. The van der Waals surface area contributed by atoms with Crippen molar-refractivity contribution in [1.29, 1.82) is 0 Å². The highest BCUT2D eigenvalue weighted by molar-refractivity contribution is 9.10. The summed E-state index contributed by atoms with van der Waals surface area (Å²) in [7, 11) is 2.09. The van der Waals surface area contributed by atoms with Gasteiger partial charge in [-0.25, -0.2) is 0 Å². The lowest BCUT2D eigenvalue weighted by Crippen LogP contribution is -2.51. The Bertz CT molecular complexity index is 668. The maximum atomic E-state index is 12.7. The lowest BCUT2D eigenvalue weighted by molar-refractivity contribution is -0.126. The summed E-state index contributed by atoms with van der Waals surface area (Å²) in [6, 6.07) is 6.63. The fraction of sp³-hybridized carbons (Fsp3) is 0.562. The van der Waals surface area contributed by atoms with Gasteiger partial charge in [0.25, 0.3) is 0 Å². The average Bonchev–Trinajstić information content (AvgIpc) is 3.04. The normalized spacial score (nSPS) is 42.2. The van der Waals surface area contributed by atoms with E-state index in [1.165, 1.54) is 11.3 Å². The molecule has 2 saturated heterocycles. The Kier molecular flexibility index (Phi) is 1.85. The lowest BCUT2D eigenvalue weighted by Gasteiger charge is -2.37. The number of likely N-dealkylation sites (N-methyl/N-ethyl adjacent to an activating group) is 1. The molecule has 4 heteroatoms. The fourth-order valence-electron chi connectivity index (χ4n) is 5.07. The first kappa shape index (κ1) is 11.8. The van der Waals surface area contributed by atoms with Crippen LogP contribution in [0, 0.1) is 5.41 Å². The van der Waals surface area contributed by atoms with Crippen LogP contribution in [0.2, 0.25) is 0 Å². The molecule has 0 amide bonds. The Morgan fingerprint density at radius 1 is 1.40 bits per heavy atom. The highest BCUT2D eigenvalue weighted by Crippen LogP contribution is 2.72. The number of fused-ring (bicyclic) bond motifs is 8. The van der Waals surface area contributed by atoms with Gasteiger partial charge in [0.05, 0.1) is 17.1 Å². The SMILES string of the molecule is CN1c2ccc(Br)cc2[C@H]2[C@@H]1[C@H]1O[C@]2(C)C2(CC2)C1=O. The van der Waals surface area contributed by atoms with Crippen LogP contribution in [0.25, 0.3) is 0 Å². The van der Waals surface area contributed by atoms with Crippen LogP contribution < -0.4 is 4.90 Å². The monoisotopic (exact) mass is 333 g/mol. The number of ketones is 1. The van der Waals surface area contributed by atoms with Gasteiger partial charge in [0, 0.05) is 23.1 Å². The fourth-order valence-corrected chi connectivity index (χ4v) is 5.45. The molecule has 1 aromatic carbocycles. The summed E-state index contributed by atoms with van der Waals surface area (Å²) in [6.07, 6.45) is 1.79. The first-order chi connectivity index (χ1) is 9.49. The van der Waals surface area contributed by atoms with Crippen molar-refractivity contribution in [3.05, 3.63) is 28.2 Å². The van der Waals surface area contributed by atoms with Crippen LogP contribution in [-0.4, -0.2) is 30.6 Å². The topological polar surface area (TPSA) is 29.5 Å². The molecule has 1 aromatic rings. The van der Waals surface area contributed by atoms with Gasteiger partial charge < -0.3 is 9.64 Å². The molecule has 4 atom stereocenters. The number of nitrogens with zero attached hydrogens (tertiary/aromatic N) is 1. The van der Waals surface area contributed by atoms with Crippen LogP contribution >= 0.6 is 15.9 Å². The number of halogens is 1. The second kappa shape index (κ2) is 3.14. The molecule has 0 aromatic heterocycles. The Balaban J connectivity index is 1.75. The molecule has 1 spiro atoms. The molecule has 0 radical (unpaired) electrons. The molecule has 4 aliphatic rings. The molecule has 3 fully saturated rings. The number of rotatable bonds is 0. The van der Waals surface area contributed by atoms with E-state index >= 15 is 0 Å². The van der Waals surface area contributed by atoms with Crippen molar-refractivity contribution in [2.45, 2.75) is 43.4 Å². The van der Waals surface area contributed by atoms with Crippen LogP contribution in [0.4, 0.5) is 5.69 Å². The number of ether oxygens (including phenoxy) is 1. The van der Waals surface area contributed by atoms with Crippen LogP contribution in [0.15, 0.2) is 22.7 Å². The van der Waals surface area contributed by atoms with Crippen molar-refractivity contribution in [3.8, 4) is 0 Å². The summed E-state index contributed by atoms with van der Waals surface area (Å²) < 4.78 is 7.38. The van der Waals surface area contributed by atoms with E-state index in [1.807, 2.05) is 0 Å². The van der Waals surface area contributed by atoms with Crippen LogP contribution in [0.1, 0.15) is 31.2 Å². The maximum absolute atomic E-state index is 12.7. The summed E-state index contributed by atoms with van der Waals surface area (Å²) in [6.45, 7) is 2.17. The molecule has 3 aliphatic heterocycles. The third-order valence-electron chi connectivity index (χ3n) is 6.20. The number of carbonyl (C=O) groups is 1. The zero-order chi connectivity index (χ0) is 13.9. The first-order valence-corrected chi connectivity index (χ1v) is 8.03. The highest BCUT2D eigenvalue weighted by Gasteiger charge is 2.80. The van der Waals surface area contributed by atoms with Crippen LogP contribution in [-0.2, 0) is 9.53 Å². The van der Waals surface area contributed by atoms with Gasteiger partial charge in [0.1, 0.15) is 6.10 Å². The molecule has 20 heavy (non-hydrogen) atoms. The van der Waals surface area contributed by atoms with E-state index in [1.54, 1.807) is 0 Å². The quantitative estimate of drug-likeness (QED) is 0.731. The largest absolute Gasteiger partial charge is 0.368 e. The number of hydrogen-bond donors (Lipinski definition) is 0. The van der Waals surface area contributed by atoms with Crippen molar-refractivity contribution < 1.29 is 9.53 Å². The lowest BCUT2D eigenvalue weighted by atomic mass is 9.65. The summed E-state index contributed by atoms with van der Waals surface area (Å²) in [5.41, 5.74) is 2.12. The van der Waals surface area contributed by atoms with Gasteiger partial charge >= 0.3 is 0 Å². The van der Waals surface area contributed by atoms with Gasteiger partial charge in [-0.15, -0.1) is 0 Å². The highest BCUT2D eigenvalue weighted by atomic mass is 79.9. The molecule has 1 aliphatic carbocycles. The summed E-state index contributed by atoms with van der Waals surface area (Å²) in [4.78, 5) is 15.0. The van der Waals surface area contributed by atoms with Crippen molar-refractivity contribution in [3.63, 3.8) is 0 Å². The number of carbonyl (C=O) groups excluding carboxylic acids is 1. The maximum Gasteiger partial charge on any atom is 0.172 e. The molecule has 3 nitrogen and oxygen atoms in total. The minimum atomic E-state index is -0.306. The van der Waals surface area contributed by atoms with E-state index in [0.29, 0.717) is 11.7 Å². The van der Waals surface area contributed by atoms with E-state index in [2.05, 4.69) is 53.0 Å². The van der Waals surface area contributed by atoms with E-state index in [0.717, 1.165) is 17.3 Å². The molecule has 0 unspecified atom stereocenters. The Morgan fingerprint density at radius 2 is 2.15 bits per heavy atom. The molecule has 0 N–H and O–H groups in total. The van der Waals surface area contributed by atoms with Crippen molar-refractivity contribution in [2.75, 3.05) is 11.9 Å². The molecule has 1 saturated carbocycles.